The van der Waals surface area contributed by atoms with Crippen LogP contribution in [0.2, 0.25) is 0 Å². The molecule has 1 amide bonds. The standard InChI is InChI=1S/C6H12N2O4S/c1-13(11,12)4-6(10)8-2-5(7)3-9/h3,5H,1-2,4,7H2,(H,8,10)(H,11,12). The Balaban J connectivity index is 3.83. The number of aldehydes is 1. The normalized spacial score (nSPS) is 17.1. The van der Waals surface area contributed by atoms with Crippen LogP contribution >= 0.6 is 0 Å². The second-order valence-electron chi connectivity index (χ2n) is 2.52. The first-order chi connectivity index (χ1) is 5.85. The van der Waals surface area contributed by atoms with Gasteiger partial charge in [-0.3, -0.25) is 4.79 Å². The van der Waals surface area contributed by atoms with Crippen LogP contribution in [0, 0.1) is 0 Å². The third kappa shape index (κ3) is 7.44. The predicted octanol–water partition coefficient (Wildman–Crippen LogP) is -2.18. The molecule has 0 saturated heterocycles. The fraction of sp³-hybridized carbons (Fsp3) is 0.500. The van der Waals surface area contributed by atoms with Gasteiger partial charge in [0.2, 0.25) is 5.91 Å². The lowest BCUT2D eigenvalue weighted by Crippen LogP contribution is -2.40. The largest absolute Gasteiger partial charge is 0.353 e. The number of carbonyl (C=O) groups excluding carboxylic acids is 2. The molecular weight excluding hydrogens is 196 g/mol. The monoisotopic (exact) mass is 208 g/mol. The van der Waals surface area contributed by atoms with E-state index in [2.05, 4.69) is 11.2 Å². The van der Waals surface area contributed by atoms with Gasteiger partial charge in [0.1, 0.15) is 12.0 Å². The number of hydrogen-bond donors (Lipinski definition) is 3. The maximum absolute atomic E-state index is 10.8. The highest BCUT2D eigenvalue weighted by Crippen LogP contribution is 1.81. The molecule has 2 unspecified atom stereocenters. The number of carbonyl (C=O) groups is 2. The lowest BCUT2D eigenvalue weighted by Gasteiger charge is -2.06. The molecule has 0 heterocycles. The minimum absolute atomic E-state index is 0.0438. The summed E-state index contributed by atoms with van der Waals surface area (Å²) in [6, 6.07) is -0.788. The summed E-state index contributed by atoms with van der Waals surface area (Å²) in [6.45, 7) is -0.0438. The second-order valence-corrected chi connectivity index (χ2v) is 4.35. The van der Waals surface area contributed by atoms with Crippen LogP contribution in [0.25, 0.3) is 0 Å². The first-order valence-corrected chi connectivity index (χ1v) is 5.25. The van der Waals surface area contributed by atoms with Crippen molar-refractivity contribution in [2.24, 2.45) is 5.73 Å². The highest BCUT2D eigenvalue weighted by atomic mass is 32.2. The second kappa shape index (κ2) is 4.95. The molecule has 0 aromatic heterocycles. The van der Waals surface area contributed by atoms with Crippen molar-refractivity contribution in [2.45, 2.75) is 6.04 Å². The van der Waals surface area contributed by atoms with Crippen molar-refractivity contribution in [3.05, 3.63) is 0 Å². The Morgan fingerprint density at radius 1 is 1.77 bits per heavy atom. The summed E-state index contributed by atoms with van der Waals surface area (Å²) in [4.78, 5) is 20.8. The van der Waals surface area contributed by atoms with E-state index in [1.807, 2.05) is 0 Å². The Labute approximate surface area is 76.3 Å². The summed E-state index contributed by atoms with van der Waals surface area (Å²) in [5.41, 5.74) is 5.15. The van der Waals surface area contributed by atoms with E-state index in [4.69, 9.17) is 10.3 Å². The van der Waals surface area contributed by atoms with Gasteiger partial charge in [-0.1, -0.05) is 0 Å². The molecule has 0 saturated carbocycles. The minimum atomic E-state index is -3.32. The average Bonchev–Trinajstić information content (AvgIpc) is 1.97. The van der Waals surface area contributed by atoms with Gasteiger partial charge in [-0.25, -0.2) is 4.21 Å². The Bertz CT molecular complexity index is 285. The summed E-state index contributed by atoms with van der Waals surface area (Å²) < 4.78 is 19.3. The smallest absolute Gasteiger partial charge is 0.234 e. The van der Waals surface area contributed by atoms with Crippen LogP contribution in [0.1, 0.15) is 0 Å². The molecule has 0 aromatic rings. The summed E-state index contributed by atoms with van der Waals surface area (Å²) >= 11 is 0. The number of nitrogens with one attached hydrogen (secondary N) is 1. The van der Waals surface area contributed by atoms with Crippen molar-refractivity contribution in [2.75, 3.05) is 12.3 Å². The van der Waals surface area contributed by atoms with E-state index in [9.17, 15) is 13.8 Å². The molecule has 0 spiro atoms. The van der Waals surface area contributed by atoms with Crippen LogP contribution in [0.5, 0.6) is 0 Å². The zero-order chi connectivity index (χ0) is 10.5. The van der Waals surface area contributed by atoms with Crippen molar-refractivity contribution < 1.29 is 18.4 Å². The molecule has 13 heavy (non-hydrogen) atoms. The highest BCUT2D eigenvalue weighted by Gasteiger charge is 2.08. The van der Waals surface area contributed by atoms with Gasteiger partial charge in [-0.2, -0.15) is 0 Å². The van der Waals surface area contributed by atoms with Gasteiger partial charge in [-0.15, -0.1) is 0 Å². The molecule has 0 rings (SSSR count). The van der Waals surface area contributed by atoms with Crippen molar-refractivity contribution in [3.8, 4) is 0 Å². The molecule has 6 nitrogen and oxygen atoms in total. The summed E-state index contributed by atoms with van der Waals surface area (Å²) in [5.74, 6) is 1.64. The molecular formula is C6H12N2O4S. The molecule has 2 atom stereocenters. The number of nitrogens with two attached hydrogens (primary N) is 1. The molecule has 76 valence electrons. The topological polar surface area (TPSA) is 109 Å². The van der Waals surface area contributed by atoms with Gasteiger partial charge in [0, 0.05) is 6.54 Å². The molecule has 7 heteroatoms. The van der Waals surface area contributed by atoms with Crippen molar-refractivity contribution in [1.82, 2.24) is 5.32 Å². The first kappa shape index (κ1) is 12.1. The average molecular weight is 208 g/mol. The lowest BCUT2D eigenvalue weighted by molar-refractivity contribution is -0.118. The van der Waals surface area contributed by atoms with Crippen LogP contribution in [0.15, 0.2) is 0 Å². The van der Waals surface area contributed by atoms with E-state index in [0.717, 1.165) is 0 Å². The molecule has 0 fully saturated rings. The Kier molecular flexibility index (Phi) is 4.60. The maximum Gasteiger partial charge on any atom is 0.234 e. The number of rotatable bonds is 5. The van der Waals surface area contributed by atoms with Crippen molar-refractivity contribution in [1.29, 1.82) is 0 Å². The molecule has 0 aromatic carbocycles. The molecule has 0 aliphatic carbocycles. The van der Waals surface area contributed by atoms with Gasteiger partial charge in [0.15, 0.2) is 0 Å². The fourth-order valence-electron chi connectivity index (χ4n) is 0.536. The summed E-state index contributed by atoms with van der Waals surface area (Å²) in [5, 5.41) is 2.22. The fourth-order valence-corrected chi connectivity index (χ4v) is 1.05. The van der Waals surface area contributed by atoms with E-state index in [1.54, 1.807) is 0 Å². The number of amides is 1. The maximum atomic E-state index is 10.8. The first-order valence-electron chi connectivity index (χ1n) is 3.40. The van der Waals surface area contributed by atoms with Gasteiger partial charge in [0.05, 0.1) is 15.8 Å². The predicted molar refractivity (Wildman–Crippen MR) is 49.8 cm³/mol. The van der Waals surface area contributed by atoms with Gasteiger partial charge in [-0.05, 0) is 5.87 Å². The molecule has 0 bridgehead atoms. The molecule has 0 aliphatic rings. The Hall–Kier alpha value is -0.920. The van der Waals surface area contributed by atoms with Crippen molar-refractivity contribution in [3.63, 3.8) is 0 Å². The van der Waals surface area contributed by atoms with Gasteiger partial charge >= 0.3 is 0 Å². The highest BCUT2D eigenvalue weighted by molar-refractivity contribution is 7.95. The quantitative estimate of drug-likeness (QED) is 0.351. The molecule has 4 N–H and O–H groups in total. The zero-order valence-corrected chi connectivity index (χ0v) is 7.75. The number of hydrogen-bond acceptors (Lipinski definition) is 4. The van der Waals surface area contributed by atoms with Crippen LogP contribution < -0.4 is 11.1 Å². The third-order valence-corrected chi connectivity index (χ3v) is 1.78. The molecule has 0 aliphatic heterocycles. The Morgan fingerprint density at radius 2 is 2.31 bits per heavy atom. The summed E-state index contributed by atoms with van der Waals surface area (Å²) in [6.07, 6.45) is 0.473. The van der Waals surface area contributed by atoms with Gasteiger partial charge < -0.3 is 20.4 Å². The van der Waals surface area contributed by atoms with Gasteiger partial charge in [0.25, 0.3) is 0 Å². The van der Waals surface area contributed by atoms with E-state index in [-0.39, 0.29) is 6.54 Å². The van der Waals surface area contributed by atoms with E-state index < -0.39 is 27.5 Å². The van der Waals surface area contributed by atoms with Crippen LogP contribution in [0.3, 0.4) is 0 Å². The van der Waals surface area contributed by atoms with E-state index in [0.29, 0.717) is 6.29 Å². The lowest BCUT2D eigenvalue weighted by atomic mass is 10.3. The van der Waals surface area contributed by atoms with Crippen LogP contribution in [-0.4, -0.2) is 45.2 Å². The summed E-state index contributed by atoms with van der Waals surface area (Å²) in [7, 11) is -3.32. The van der Waals surface area contributed by atoms with E-state index in [1.165, 1.54) is 0 Å². The van der Waals surface area contributed by atoms with E-state index >= 15 is 0 Å². The SMILES string of the molecule is C=S(=O)(O)CC(=O)NCC(N)C=O. The zero-order valence-electron chi connectivity index (χ0n) is 6.93. The third-order valence-electron chi connectivity index (χ3n) is 1.07. The minimum Gasteiger partial charge on any atom is -0.353 e. The van der Waals surface area contributed by atoms with Crippen LogP contribution in [0.4, 0.5) is 0 Å². The van der Waals surface area contributed by atoms with Crippen LogP contribution in [-0.2, 0) is 19.4 Å². The Morgan fingerprint density at radius 3 is 2.69 bits per heavy atom. The van der Waals surface area contributed by atoms with Crippen molar-refractivity contribution >= 4 is 27.9 Å². The molecule has 0 radical (unpaired) electrons.